The Morgan fingerprint density at radius 3 is 2.62 bits per heavy atom. The number of nitrogens with zero attached hydrogens (tertiary/aromatic N) is 2. The SMILES string of the molecule is COCC(=O)N(Cc1cc(-c2ccc(C)c(C)c2)on1)CC(C)C. The average molecular weight is 330 g/mol. The lowest BCUT2D eigenvalue weighted by atomic mass is 10.0. The molecule has 2 rings (SSSR count). The van der Waals surface area contributed by atoms with Gasteiger partial charge >= 0.3 is 0 Å². The quantitative estimate of drug-likeness (QED) is 0.778. The molecule has 0 aliphatic carbocycles. The summed E-state index contributed by atoms with van der Waals surface area (Å²) in [5, 5.41) is 4.12. The van der Waals surface area contributed by atoms with Gasteiger partial charge < -0.3 is 14.2 Å². The van der Waals surface area contributed by atoms with E-state index in [1.165, 1.54) is 18.2 Å². The molecule has 5 heteroatoms. The highest BCUT2D eigenvalue weighted by Gasteiger charge is 2.17. The first-order chi connectivity index (χ1) is 11.4. The fraction of sp³-hybridized carbons (Fsp3) is 0.474. The summed E-state index contributed by atoms with van der Waals surface area (Å²) in [6.07, 6.45) is 0. The van der Waals surface area contributed by atoms with Crippen LogP contribution in [0.25, 0.3) is 11.3 Å². The molecule has 0 bridgehead atoms. The molecule has 1 heterocycles. The number of hydrogen-bond donors (Lipinski definition) is 0. The van der Waals surface area contributed by atoms with Crippen LogP contribution in [0, 0.1) is 19.8 Å². The first-order valence-corrected chi connectivity index (χ1v) is 8.20. The van der Waals surface area contributed by atoms with Gasteiger partial charge in [0, 0.05) is 25.3 Å². The van der Waals surface area contributed by atoms with E-state index in [-0.39, 0.29) is 12.5 Å². The van der Waals surface area contributed by atoms with Crippen molar-refractivity contribution in [2.75, 3.05) is 20.3 Å². The monoisotopic (exact) mass is 330 g/mol. The van der Waals surface area contributed by atoms with E-state index in [2.05, 4.69) is 45.0 Å². The van der Waals surface area contributed by atoms with E-state index in [9.17, 15) is 4.79 Å². The number of hydrogen-bond acceptors (Lipinski definition) is 4. The Labute approximate surface area is 143 Å². The molecule has 1 aromatic carbocycles. The van der Waals surface area contributed by atoms with Gasteiger partial charge in [0.1, 0.15) is 12.3 Å². The minimum Gasteiger partial charge on any atom is -0.375 e. The molecule has 0 saturated heterocycles. The van der Waals surface area contributed by atoms with E-state index in [0.717, 1.165) is 17.0 Å². The van der Waals surface area contributed by atoms with Crippen molar-refractivity contribution in [3.63, 3.8) is 0 Å². The summed E-state index contributed by atoms with van der Waals surface area (Å²) in [6, 6.07) is 8.08. The Kier molecular flexibility index (Phi) is 6.15. The summed E-state index contributed by atoms with van der Waals surface area (Å²) < 4.78 is 10.4. The normalized spacial score (nSPS) is 11.1. The number of aryl methyl sites for hydroxylation is 2. The molecule has 0 unspecified atom stereocenters. The van der Waals surface area contributed by atoms with Crippen LogP contribution < -0.4 is 0 Å². The maximum atomic E-state index is 12.2. The number of amides is 1. The van der Waals surface area contributed by atoms with Crippen molar-refractivity contribution in [2.24, 2.45) is 5.92 Å². The highest BCUT2D eigenvalue weighted by molar-refractivity contribution is 5.77. The molecule has 0 N–H and O–H groups in total. The first-order valence-electron chi connectivity index (χ1n) is 8.20. The number of rotatable bonds is 7. The third-order valence-corrected chi connectivity index (χ3v) is 3.91. The van der Waals surface area contributed by atoms with Crippen LogP contribution in [-0.2, 0) is 16.1 Å². The number of aromatic nitrogens is 1. The summed E-state index contributed by atoms with van der Waals surface area (Å²) in [7, 11) is 1.53. The topological polar surface area (TPSA) is 55.6 Å². The second-order valence-electron chi connectivity index (χ2n) is 6.58. The van der Waals surface area contributed by atoms with Gasteiger partial charge in [-0.3, -0.25) is 4.79 Å². The molecule has 0 saturated carbocycles. The van der Waals surface area contributed by atoms with E-state index < -0.39 is 0 Å². The van der Waals surface area contributed by atoms with E-state index in [4.69, 9.17) is 9.26 Å². The van der Waals surface area contributed by atoms with Gasteiger partial charge in [-0.25, -0.2) is 0 Å². The molecule has 0 aliphatic rings. The van der Waals surface area contributed by atoms with E-state index in [1.807, 2.05) is 12.1 Å². The highest BCUT2D eigenvalue weighted by atomic mass is 16.5. The lowest BCUT2D eigenvalue weighted by molar-refractivity contribution is -0.136. The van der Waals surface area contributed by atoms with Crippen LogP contribution in [-0.4, -0.2) is 36.2 Å². The van der Waals surface area contributed by atoms with Crippen LogP contribution in [0.4, 0.5) is 0 Å². The van der Waals surface area contributed by atoms with Crippen LogP contribution in [0.1, 0.15) is 30.7 Å². The van der Waals surface area contributed by atoms with Crippen LogP contribution in [0.3, 0.4) is 0 Å². The summed E-state index contributed by atoms with van der Waals surface area (Å²) in [6.45, 7) is 9.48. The molecule has 0 atom stereocenters. The zero-order valence-corrected chi connectivity index (χ0v) is 15.1. The van der Waals surface area contributed by atoms with E-state index >= 15 is 0 Å². The van der Waals surface area contributed by atoms with Gasteiger partial charge in [-0.05, 0) is 37.0 Å². The number of methoxy groups -OCH3 is 1. The van der Waals surface area contributed by atoms with Crippen molar-refractivity contribution >= 4 is 5.91 Å². The van der Waals surface area contributed by atoms with Crippen LogP contribution in [0.2, 0.25) is 0 Å². The minimum atomic E-state index is -0.0399. The highest BCUT2D eigenvalue weighted by Crippen LogP contribution is 2.23. The molecule has 0 spiro atoms. The molecule has 0 fully saturated rings. The van der Waals surface area contributed by atoms with Crippen molar-refractivity contribution in [2.45, 2.75) is 34.2 Å². The van der Waals surface area contributed by atoms with Gasteiger partial charge in [-0.1, -0.05) is 31.1 Å². The van der Waals surface area contributed by atoms with Gasteiger partial charge in [-0.15, -0.1) is 0 Å². The van der Waals surface area contributed by atoms with E-state index in [1.54, 1.807) is 4.90 Å². The molecule has 2 aromatic rings. The maximum Gasteiger partial charge on any atom is 0.248 e. The van der Waals surface area contributed by atoms with Gasteiger partial charge in [0.05, 0.1) is 6.54 Å². The molecule has 5 nitrogen and oxygen atoms in total. The standard InChI is InChI=1S/C19H26N2O3/c1-13(2)10-21(19(22)12-23-5)11-17-9-18(24-20-17)16-7-6-14(3)15(4)8-16/h6-9,13H,10-12H2,1-5H3. The van der Waals surface area contributed by atoms with Crippen molar-refractivity contribution in [1.29, 1.82) is 0 Å². The van der Waals surface area contributed by atoms with Crippen LogP contribution in [0.5, 0.6) is 0 Å². The van der Waals surface area contributed by atoms with Crippen LogP contribution >= 0.6 is 0 Å². The van der Waals surface area contributed by atoms with Crippen molar-refractivity contribution < 1.29 is 14.1 Å². The predicted octanol–water partition coefficient (Wildman–Crippen LogP) is 3.59. The molecule has 0 radical (unpaired) electrons. The third kappa shape index (κ3) is 4.68. The van der Waals surface area contributed by atoms with Gasteiger partial charge in [-0.2, -0.15) is 0 Å². The number of carbonyl (C=O) groups is 1. The summed E-state index contributed by atoms with van der Waals surface area (Å²) in [5.74, 6) is 1.05. The molecule has 0 aliphatic heterocycles. The summed E-state index contributed by atoms with van der Waals surface area (Å²) >= 11 is 0. The van der Waals surface area contributed by atoms with Gasteiger partial charge in [0.15, 0.2) is 5.76 Å². The Balaban J connectivity index is 2.15. The maximum absolute atomic E-state index is 12.2. The fourth-order valence-corrected chi connectivity index (χ4v) is 2.52. The Morgan fingerprint density at radius 2 is 2.00 bits per heavy atom. The molecule has 1 amide bonds. The first kappa shape index (κ1) is 18.2. The van der Waals surface area contributed by atoms with Crippen molar-refractivity contribution in [1.82, 2.24) is 10.1 Å². The zero-order chi connectivity index (χ0) is 17.7. The molecular formula is C19H26N2O3. The average Bonchev–Trinajstić information content (AvgIpc) is 2.98. The number of benzene rings is 1. The predicted molar refractivity (Wildman–Crippen MR) is 93.5 cm³/mol. The molecular weight excluding hydrogens is 304 g/mol. The Morgan fingerprint density at radius 1 is 1.25 bits per heavy atom. The summed E-state index contributed by atoms with van der Waals surface area (Å²) in [5.41, 5.74) is 4.19. The number of carbonyl (C=O) groups excluding carboxylic acids is 1. The Bertz CT molecular complexity index is 692. The van der Waals surface area contributed by atoms with E-state index in [0.29, 0.717) is 19.0 Å². The summed E-state index contributed by atoms with van der Waals surface area (Å²) in [4.78, 5) is 13.9. The lowest BCUT2D eigenvalue weighted by Crippen LogP contribution is -2.36. The van der Waals surface area contributed by atoms with Crippen LogP contribution in [0.15, 0.2) is 28.8 Å². The molecule has 24 heavy (non-hydrogen) atoms. The second-order valence-corrected chi connectivity index (χ2v) is 6.58. The largest absolute Gasteiger partial charge is 0.375 e. The lowest BCUT2D eigenvalue weighted by Gasteiger charge is -2.23. The minimum absolute atomic E-state index is 0.0399. The second kappa shape index (κ2) is 8.11. The van der Waals surface area contributed by atoms with Crippen molar-refractivity contribution in [3.05, 3.63) is 41.1 Å². The van der Waals surface area contributed by atoms with Crippen molar-refractivity contribution in [3.8, 4) is 11.3 Å². The molecule has 1 aromatic heterocycles. The zero-order valence-electron chi connectivity index (χ0n) is 15.1. The smallest absolute Gasteiger partial charge is 0.248 e. The Hall–Kier alpha value is -2.14. The number of ether oxygens (including phenoxy) is 1. The van der Waals surface area contributed by atoms with Gasteiger partial charge in [0.25, 0.3) is 0 Å². The van der Waals surface area contributed by atoms with Gasteiger partial charge in [0.2, 0.25) is 5.91 Å². The fourth-order valence-electron chi connectivity index (χ4n) is 2.52. The third-order valence-electron chi connectivity index (χ3n) is 3.91. The molecule has 130 valence electrons.